The van der Waals surface area contributed by atoms with Gasteiger partial charge in [0.2, 0.25) is 5.69 Å². The molecule has 0 aliphatic carbocycles. The maximum Gasteiger partial charge on any atom is 0.209 e. The fourth-order valence-electron chi connectivity index (χ4n) is 7.65. The monoisotopic (exact) mass is 654 g/mol. The number of nitrogens with zero attached hydrogens (tertiary/aromatic N) is 3. The fourth-order valence-corrected chi connectivity index (χ4v) is 9.62. The van der Waals surface area contributed by atoms with Crippen molar-refractivity contribution in [3.05, 3.63) is 95.7 Å². The Labute approximate surface area is 286 Å². The van der Waals surface area contributed by atoms with E-state index >= 15 is 0 Å². The van der Waals surface area contributed by atoms with E-state index < -0.39 is 8.38 Å². The lowest BCUT2D eigenvalue weighted by atomic mass is 9.77. The third-order valence-corrected chi connectivity index (χ3v) is 12.6. The van der Waals surface area contributed by atoms with Crippen molar-refractivity contribution < 1.29 is 13.6 Å². The first-order chi connectivity index (χ1) is 22.4. The fraction of sp³-hybridized carbons (Fsp3) is 0.512. The number of likely N-dealkylation sites (N-methyl/N-ethyl adjacent to an activating group) is 1. The van der Waals surface area contributed by atoms with Gasteiger partial charge in [0, 0.05) is 47.2 Å². The third-order valence-electron chi connectivity index (χ3n) is 10.0. The lowest BCUT2D eigenvalue weighted by Gasteiger charge is -2.32. The Morgan fingerprint density at radius 1 is 0.872 bits per heavy atom. The highest BCUT2D eigenvalue weighted by Crippen LogP contribution is 2.51. The number of para-hydroxylation sites is 2. The lowest BCUT2D eigenvalue weighted by molar-refractivity contribution is -0.401. The van der Waals surface area contributed by atoms with Gasteiger partial charge in [-0.1, -0.05) is 95.2 Å². The molecular formula is C41H57N3O2P+. The molecule has 2 unspecified atom stereocenters. The van der Waals surface area contributed by atoms with Gasteiger partial charge in [0.05, 0.1) is 31.1 Å². The molecule has 252 valence electrons. The maximum atomic E-state index is 9.00. The Balaban J connectivity index is 1.40. The van der Waals surface area contributed by atoms with Crippen LogP contribution in [0, 0.1) is 23.2 Å². The van der Waals surface area contributed by atoms with Crippen LogP contribution in [0.25, 0.3) is 0 Å². The number of benzene rings is 2. The number of allylic oxidation sites excluding steroid dienone is 6. The highest BCUT2D eigenvalue weighted by Gasteiger charge is 2.43. The molecule has 2 aromatic rings. The molecule has 0 radical (unpaired) electrons. The zero-order valence-electron chi connectivity index (χ0n) is 30.3. The third kappa shape index (κ3) is 8.17. The van der Waals surface area contributed by atoms with Crippen molar-refractivity contribution in [2.75, 3.05) is 32.2 Å². The highest BCUT2D eigenvalue weighted by molar-refractivity contribution is 7.48. The summed E-state index contributed by atoms with van der Waals surface area (Å²) in [5.74, 6) is 0.952. The SMILES string of the molecule is CC(C)C(C(C)C)P(OCCC#N)OCCCCCC1(C)\C(=C/C=C/C=C/C2=[N+](C)c3ccccc3C2(C)C)N(C)c2ccccc21. The molecule has 4 rings (SSSR count). The number of fused-ring (bicyclic) bond motifs is 2. The van der Waals surface area contributed by atoms with Gasteiger partial charge in [-0.2, -0.15) is 9.84 Å². The lowest BCUT2D eigenvalue weighted by Crippen LogP contribution is -2.26. The maximum absolute atomic E-state index is 9.00. The smallest absolute Gasteiger partial charge is 0.209 e. The molecule has 2 heterocycles. The zero-order valence-corrected chi connectivity index (χ0v) is 31.2. The minimum absolute atomic E-state index is 0.0258. The quantitative estimate of drug-likeness (QED) is 0.0782. The molecule has 0 saturated carbocycles. The molecule has 5 nitrogen and oxygen atoms in total. The molecule has 0 spiro atoms. The summed E-state index contributed by atoms with van der Waals surface area (Å²) in [6, 6.07) is 19.8. The molecule has 0 fully saturated rings. The number of nitriles is 1. The van der Waals surface area contributed by atoms with Gasteiger partial charge in [0.1, 0.15) is 7.05 Å². The van der Waals surface area contributed by atoms with Crippen molar-refractivity contribution in [3.63, 3.8) is 0 Å². The molecule has 0 saturated heterocycles. The van der Waals surface area contributed by atoms with Gasteiger partial charge in [0.25, 0.3) is 0 Å². The molecule has 2 aliphatic heterocycles. The van der Waals surface area contributed by atoms with Gasteiger partial charge in [-0.3, -0.25) is 0 Å². The Bertz CT molecular complexity index is 1520. The second kappa shape index (κ2) is 16.4. The molecule has 2 aromatic carbocycles. The van der Waals surface area contributed by atoms with E-state index in [9.17, 15) is 0 Å². The summed E-state index contributed by atoms with van der Waals surface area (Å²) in [6.07, 6.45) is 15.8. The minimum atomic E-state index is -1.02. The summed E-state index contributed by atoms with van der Waals surface area (Å²) in [7, 11) is 3.35. The predicted octanol–water partition coefficient (Wildman–Crippen LogP) is 10.6. The van der Waals surface area contributed by atoms with Crippen LogP contribution in [-0.2, 0) is 19.9 Å². The van der Waals surface area contributed by atoms with E-state index in [1.807, 2.05) is 0 Å². The van der Waals surface area contributed by atoms with Crippen molar-refractivity contribution >= 4 is 25.5 Å². The van der Waals surface area contributed by atoms with Crippen LogP contribution in [0.1, 0.15) is 91.7 Å². The van der Waals surface area contributed by atoms with Gasteiger partial charge in [-0.25, -0.2) is 0 Å². The summed E-state index contributed by atoms with van der Waals surface area (Å²) < 4.78 is 14.9. The molecular weight excluding hydrogens is 597 g/mol. The van der Waals surface area contributed by atoms with Gasteiger partial charge in [-0.15, -0.1) is 0 Å². The van der Waals surface area contributed by atoms with Crippen molar-refractivity contribution in [2.45, 2.75) is 97.1 Å². The van der Waals surface area contributed by atoms with E-state index in [4.69, 9.17) is 14.3 Å². The largest absolute Gasteiger partial charge is 0.347 e. The van der Waals surface area contributed by atoms with Crippen LogP contribution < -0.4 is 4.90 Å². The van der Waals surface area contributed by atoms with Crippen LogP contribution in [0.4, 0.5) is 11.4 Å². The number of unbranched alkanes of at least 4 members (excludes halogenated alkanes) is 2. The molecule has 6 heteroatoms. The van der Waals surface area contributed by atoms with E-state index in [2.05, 4.69) is 157 Å². The Kier molecular flexibility index (Phi) is 12.8. The number of hydrogen-bond donors (Lipinski definition) is 0. The first kappa shape index (κ1) is 36.8. The Morgan fingerprint density at radius 3 is 2.21 bits per heavy atom. The van der Waals surface area contributed by atoms with Crippen LogP contribution in [0.2, 0.25) is 0 Å². The van der Waals surface area contributed by atoms with E-state index in [0.717, 1.165) is 25.7 Å². The van der Waals surface area contributed by atoms with Crippen LogP contribution in [0.5, 0.6) is 0 Å². The summed E-state index contributed by atoms with van der Waals surface area (Å²) >= 11 is 0. The molecule has 0 amide bonds. The van der Waals surface area contributed by atoms with Gasteiger partial charge in [-0.05, 0) is 63.2 Å². The van der Waals surface area contributed by atoms with Crippen molar-refractivity contribution in [3.8, 4) is 6.07 Å². The van der Waals surface area contributed by atoms with Crippen molar-refractivity contribution in [1.29, 1.82) is 5.26 Å². The van der Waals surface area contributed by atoms with Crippen LogP contribution in [-0.4, -0.2) is 43.3 Å². The Hall–Kier alpha value is -3.03. The summed E-state index contributed by atoms with van der Waals surface area (Å²) in [5.41, 5.74) is 8.29. The first-order valence-corrected chi connectivity index (χ1v) is 18.7. The average Bonchev–Trinajstić information content (AvgIpc) is 3.37. The Morgan fingerprint density at radius 2 is 1.53 bits per heavy atom. The van der Waals surface area contributed by atoms with E-state index in [1.165, 1.54) is 33.9 Å². The predicted molar refractivity (Wildman–Crippen MR) is 200 cm³/mol. The van der Waals surface area contributed by atoms with Gasteiger partial charge < -0.3 is 13.9 Å². The zero-order chi connectivity index (χ0) is 34.2. The normalized spacial score (nSPS) is 20.4. The molecule has 2 atom stereocenters. The number of rotatable bonds is 16. The summed E-state index contributed by atoms with van der Waals surface area (Å²) in [6.45, 7) is 17.2. The van der Waals surface area contributed by atoms with Crippen LogP contribution >= 0.6 is 8.38 Å². The molecule has 0 N–H and O–H groups in total. The summed E-state index contributed by atoms with van der Waals surface area (Å²) in [4.78, 5) is 2.37. The van der Waals surface area contributed by atoms with Crippen LogP contribution in [0.15, 0.2) is 84.6 Å². The van der Waals surface area contributed by atoms with Gasteiger partial charge >= 0.3 is 0 Å². The van der Waals surface area contributed by atoms with Crippen molar-refractivity contribution in [1.82, 2.24) is 0 Å². The second-order valence-electron chi connectivity index (χ2n) is 14.4. The topological polar surface area (TPSA) is 48.5 Å². The number of hydrogen-bond acceptors (Lipinski definition) is 4. The van der Waals surface area contributed by atoms with E-state index in [1.54, 1.807) is 0 Å². The number of anilines is 1. The first-order valence-electron chi connectivity index (χ1n) is 17.5. The molecule has 0 aromatic heterocycles. The summed E-state index contributed by atoms with van der Waals surface area (Å²) in [5, 5.41) is 9.00. The molecule has 47 heavy (non-hydrogen) atoms. The average molecular weight is 655 g/mol. The standard InChI is InChI=1S/C41H57N3O2P/c1-31(2)39(32(3)4)47(46-30-20-28-42)45-29-19-11-18-27-41(7)34-22-15-17-24-36(34)44(9)38(41)26-13-10-12-25-37-40(5,6)33-21-14-16-23-35(33)43(37)8/h10,12-17,21-26,31-32,39H,11,18-20,27,29-30H2,1-9H3/q+1. The van der Waals surface area contributed by atoms with Gasteiger partial charge in [0.15, 0.2) is 14.1 Å². The van der Waals surface area contributed by atoms with Crippen molar-refractivity contribution in [2.24, 2.45) is 11.8 Å². The highest BCUT2D eigenvalue weighted by atomic mass is 31.2. The minimum Gasteiger partial charge on any atom is -0.347 e. The second-order valence-corrected chi connectivity index (χ2v) is 16.1. The molecule has 0 bridgehead atoms. The van der Waals surface area contributed by atoms with E-state index in [0.29, 0.717) is 37.1 Å². The molecule has 2 aliphatic rings. The van der Waals surface area contributed by atoms with E-state index in [-0.39, 0.29) is 10.8 Å². The van der Waals surface area contributed by atoms with Crippen LogP contribution in [0.3, 0.4) is 0 Å².